The highest BCUT2D eigenvalue weighted by Gasteiger charge is 2.37. The van der Waals surface area contributed by atoms with Gasteiger partial charge in [0.15, 0.2) is 0 Å². The average molecular weight is 494 g/mol. The van der Waals surface area contributed by atoms with Crippen LogP contribution in [-0.2, 0) is 12.4 Å². The van der Waals surface area contributed by atoms with Gasteiger partial charge in [-0.15, -0.1) is 0 Å². The van der Waals surface area contributed by atoms with E-state index in [0.29, 0.717) is 5.39 Å². The highest BCUT2D eigenvalue weighted by Crippen LogP contribution is 2.39. The Balaban J connectivity index is 1.50. The number of benzene rings is 3. The van der Waals surface area contributed by atoms with Gasteiger partial charge in [0.25, 0.3) is 0 Å². The Kier molecular flexibility index (Phi) is 5.74. The molecule has 2 heterocycles. The molecule has 0 fully saturated rings. The number of halogens is 6. The zero-order chi connectivity index (χ0) is 25.5. The van der Waals surface area contributed by atoms with Gasteiger partial charge >= 0.3 is 12.4 Å². The quantitative estimate of drug-likeness (QED) is 0.235. The van der Waals surface area contributed by atoms with Crippen molar-refractivity contribution in [1.82, 2.24) is 9.97 Å². The normalized spacial score (nSPS) is 12.2. The fraction of sp³-hybridized carbons (Fsp3) is 0.0714. The Bertz CT molecular complexity index is 1510. The highest BCUT2D eigenvalue weighted by atomic mass is 19.4. The van der Waals surface area contributed by atoms with E-state index in [9.17, 15) is 26.3 Å². The summed E-state index contributed by atoms with van der Waals surface area (Å²) in [5, 5.41) is 1.47. The molecule has 2 aromatic heterocycles. The molecule has 8 heteroatoms. The minimum atomic E-state index is -4.90. The van der Waals surface area contributed by atoms with Crippen LogP contribution < -0.4 is 0 Å². The van der Waals surface area contributed by atoms with Crippen LogP contribution in [0.2, 0.25) is 0 Å². The second kappa shape index (κ2) is 8.78. The molecule has 5 rings (SSSR count). The van der Waals surface area contributed by atoms with Crippen molar-refractivity contribution in [3.8, 4) is 33.6 Å². The zero-order valence-corrected chi connectivity index (χ0v) is 18.4. The first-order chi connectivity index (χ1) is 17.1. The number of pyridine rings is 2. The number of fused-ring (bicyclic) bond motifs is 1. The minimum absolute atomic E-state index is 0.129. The van der Waals surface area contributed by atoms with E-state index >= 15 is 0 Å². The lowest BCUT2D eigenvalue weighted by Gasteiger charge is -2.15. The molecule has 36 heavy (non-hydrogen) atoms. The van der Waals surface area contributed by atoms with Crippen molar-refractivity contribution in [2.45, 2.75) is 12.4 Å². The van der Waals surface area contributed by atoms with Gasteiger partial charge in [-0.25, -0.2) is 0 Å². The Morgan fingerprint density at radius 1 is 0.472 bits per heavy atom. The van der Waals surface area contributed by atoms with Gasteiger partial charge in [0.1, 0.15) is 0 Å². The third-order valence-electron chi connectivity index (χ3n) is 5.79. The molecule has 0 saturated heterocycles. The lowest BCUT2D eigenvalue weighted by molar-refractivity contribution is -0.143. The van der Waals surface area contributed by atoms with Crippen LogP contribution in [0.15, 0.2) is 97.3 Å². The molecule has 0 aliphatic rings. The van der Waals surface area contributed by atoms with Gasteiger partial charge in [-0.3, -0.25) is 9.97 Å². The van der Waals surface area contributed by atoms with E-state index in [4.69, 9.17) is 0 Å². The van der Waals surface area contributed by atoms with Gasteiger partial charge in [0.05, 0.1) is 22.5 Å². The Morgan fingerprint density at radius 2 is 1.03 bits per heavy atom. The molecule has 0 atom stereocenters. The van der Waals surface area contributed by atoms with Crippen LogP contribution in [0.5, 0.6) is 0 Å². The first-order valence-electron chi connectivity index (χ1n) is 10.8. The summed E-state index contributed by atoms with van der Waals surface area (Å²) in [6, 6.07) is 21.2. The Morgan fingerprint density at radius 3 is 1.53 bits per heavy atom. The molecule has 5 aromatic rings. The average Bonchev–Trinajstić information content (AvgIpc) is 2.87. The standard InChI is InChI=1S/C28H16F6N2/c29-27(30,31)23-13-22(14-24(15-23)28(32,33)34)20-7-5-17-11-19(6-4-18(17)12-20)21-8-9-26(36-16-21)25-3-1-2-10-35-25/h1-16H. The monoisotopic (exact) mass is 494 g/mol. The molecule has 0 amide bonds. The molecule has 0 bridgehead atoms. The van der Waals surface area contributed by atoms with Crippen molar-refractivity contribution in [3.63, 3.8) is 0 Å². The third kappa shape index (κ3) is 4.79. The maximum absolute atomic E-state index is 13.3. The summed E-state index contributed by atoms with van der Waals surface area (Å²) < 4.78 is 79.5. The summed E-state index contributed by atoms with van der Waals surface area (Å²) in [6.45, 7) is 0. The van der Waals surface area contributed by atoms with Crippen LogP contribution in [-0.4, -0.2) is 9.97 Å². The van der Waals surface area contributed by atoms with Crippen molar-refractivity contribution >= 4 is 10.8 Å². The number of rotatable bonds is 3. The topological polar surface area (TPSA) is 25.8 Å². The van der Waals surface area contributed by atoms with Crippen LogP contribution in [0.3, 0.4) is 0 Å². The van der Waals surface area contributed by atoms with Crippen LogP contribution in [0, 0.1) is 0 Å². The van der Waals surface area contributed by atoms with Crippen molar-refractivity contribution in [2.75, 3.05) is 0 Å². The summed E-state index contributed by atoms with van der Waals surface area (Å²) in [5.41, 5.74) is 0.615. The van der Waals surface area contributed by atoms with Crippen molar-refractivity contribution in [3.05, 3.63) is 108 Å². The SMILES string of the molecule is FC(F)(F)c1cc(-c2ccc3cc(-c4ccc(-c5ccccn5)nc4)ccc3c2)cc(C(F)(F)F)c1. The van der Waals surface area contributed by atoms with E-state index in [2.05, 4.69) is 9.97 Å². The molecule has 0 aliphatic carbocycles. The Labute approximate surface area is 201 Å². The fourth-order valence-corrected chi connectivity index (χ4v) is 3.96. The summed E-state index contributed by atoms with van der Waals surface area (Å²) >= 11 is 0. The van der Waals surface area contributed by atoms with Crippen LogP contribution in [0.1, 0.15) is 11.1 Å². The van der Waals surface area contributed by atoms with E-state index in [1.807, 2.05) is 42.5 Å². The van der Waals surface area contributed by atoms with E-state index in [0.717, 1.165) is 40.0 Å². The molecule has 180 valence electrons. The van der Waals surface area contributed by atoms with Gasteiger partial charge in [0, 0.05) is 18.0 Å². The first kappa shape index (κ1) is 23.5. The molecule has 0 spiro atoms. The summed E-state index contributed by atoms with van der Waals surface area (Å²) in [5.74, 6) is 0. The van der Waals surface area contributed by atoms with E-state index in [1.54, 1.807) is 30.6 Å². The van der Waals surface area contributed by atoms with Crippen molar-refractivity contribution in [2.24, 2.45) is 0 Å². The van der Waals surface area contributed by atoms with E-state index in [-0.39, 0.29) is 17.2 Å². The van der Waals surface area contributed by atoms with Crippen LogP contribution in [0.4, 0.5) is 26.3 Å². The minimum Gasteiger partial charge on any atom is -0.255 e. The second-order valence-corrected chi connectivity index (χ2v) is 8.22. The largest absolute Gasteiger partial charge is 0.416 e. The molecular formula is C28H16F6N2. The number of alkyl halides is 6. The lowest BCUT2D eigenvalue weighted by Crippen LogP contribution is -2.11. The molecule has 0 radical (unpaired) electrons. The van der Waals surface area contributed by atoms with Crippen molar-refractivity contribution in [1.29, 1.82) is 0 Å². The molecule has 2 nitrogen and oxygen atoms in total. The summed E-state index contributed by atoms with van der Waals surface area (Å²) in [4.78, 5) is 8.74. The fourth-order valence-electron chi connectivity index (χ4n) is 3.96. The molecular weight excluding hydrogens is 478 g/mol. The maximum Gasteiger partial charge on any atom is 0.416 e. The lowest BCUT2D eigenvalue weighted by atomic mass is 9.95. The summed E-state index contributed by atoms with van der Waals surface area (Å²) in [6.07, 6.45) is -6.39. The predicted octanol–water partition coefficient (Wildman–Crippen LogP) is 8.67. The molecule has 3 aromatic carbocycles. The van der Waals surface area contributed by atoms with E-state index in [1.165, 1.54) is 6.07 Å². The van der Waals surface area contributed by atoms with Gasteiger partial charge in [-0.2, -0.15) is 26.3 Å². The molecule has 0 saturated carbocycles. The zero-order valence-electron chi connectivity index (χ0n) is 18.4. The first-order valence-corrected chi connectivity index (χ1v) is 10.8. The van der Waals surface area contributed by atoms with Gasteiger partial charge in [0.2, 0.25) is 0 Å². The predicted molar refractivity (Wildman–Crippen MR) is 126 cm³/mol. The smallest absolute Gasteiger partial charge is 0.255 e. The number of nitrogens with zero attached hydrogens (tertiary/aromatic N) is 2. The summed E-state index contributed by atoms with van der Waals surface area (Å²) in [7, 11) is 0. The van der Waals surface area contributed by atoms with Crippen LogP contribution >= 0.6 is 0 Å². The molecule has 0 aliphatic heterocycles. The van der Waals surface area contributed by atoms with E-state index < -0.39 is 23.5 Å². The number of hydrogen-bond donors (Lipinski definition) is 0. The molecule has 0 unspecified atom stereocenters. The third-order valence-corrected chi connectivity index (χ3v) is 5.79. The molecule has 0 N–H and O–H groups in total. The Hall–Kier alpha value is -4.20. The van der Waals surface area contributed by atoms with Gasteiger partial charge in [-0.05, 0) is 76.0 Å². The van der Waals surface area contributed by atoms with Gasteiger partial charge < -0.3 is 0 Å². The van der Waals surface area contributed by atoms with Gasteiger partial charge in [-0.1, -0.05) is 36.4 Å². The van der Waals surface area contributed by atoms with Crippen LogP contribution in [0.25, 0.3) is 44.4 Å². The highest BCUT2D eigenvalue weighted by molar-refractivity contribution is 5.91. The second-order valence-electron chi connectivity index (χ2n) is 8.22. The number of aromatic nitrogens is 2. The number of hydrogen-bond acceptors (Lipinski definition) is 2. The van der Waals surface area contributed by atoms with Crippen molar-refractivity contribution < 1.29 is 26.3 Å². The maximum atomic E-state index is 13.3.